The summed E-state index contributed by atoms with van der Waals surface area (Å²) in [6.07, 6.45) is 0.603. The zero-order chi connectivity index (χ0) is 22.5. The Labute approximate surface area is 190 Å². The number of hydrogen-bond acceptors (Lipinski definition) is 7. The maximum absolute atomic E-state index is 13.2. The van der Waals surface area contributed by atoms with Crippen LogP contribution in [0.15, 0.2) is 65.1 Å². The Bertz CT molecular complexity index is 1180. The quantitative estimate of drug-likeness (QED) is 0.580. The molecule has 1 aliphatic heterocycles. The van der Waals surface area contributed by atoms with E-state index < -0.39 is 0 Å². The number of nitrogens with zero attached hydrogens (tertiary/aromatic N) is 3. The number of carbonyl (C=O) groups excluding carboxylic acids is 1. The van der Waals surface area contributed by atoms with E-state index in [2.05, 4.69) is 16.5 Å². The Hall–Kier alpha value is -3.83. The number of nitrogens with one attached hydrogen (secondary N) is 1. The highest BCUT2D eigenvalue weighted by atomic mass is 32.1. The van der Waals surface area contributed by atoms with Crippen molar-refractivity contribution in [2.45, 2.75) is 12.5 Å². The van der Waals surface area contributed by atoms with E-state index in [-0.39, 0.29) is 18.5 Å². The summed E-state index contributed by atoms with van der Waals surface area (Å²) in [5.74, 6) is 1.07. The van der Waals surface area contributed by atoms with Crippen molar-refractivity contribution in [2.24, 2.45) is 5.10 Å². The van der Waals surface area contributed by atoms with Crippen LogP contribution in [0.5, 0.6) is 11.5 Å². The van der Waals surface area contributed by atoms with Crippen LogP contribution >= 0.6 is 11.3 Å². The number of anilines is 1. The Morgan fingerprint density at radius 1 is 1.19 bits per heavy atom. The lowest BCUT2D eigenvalue weighted by molar-refractivity contribution is -0.131. The van der Waals surface area contributed by atoms with Crippen molar-refractivity contribution in [3.63, 3.8) is 0 Å². The van der Waals surface area contributed by atoms with Gasteiger partial charge in [0.25, 0.3) is 5.91 Å². The maximum atomic E-state index is 13.2. The third-order valence-electron chi connectivity index (χ3n) is 5.20. The Morgan fingerprint density at radius 3 is 2.75 bits per heavy atom. The topological polar surface area (TPSA) is 87.0 Å². The van der Waals surface area contributed by atoms with Gasteiger partial charge in [0.05, 0.1) is 49.0 Å². The fourth-order valence-corrected chi connectivity index (χ4v) is 4.33. The number of nitriles is 1. The van der Waals surface area contributed by atoms with Crippen LogP contribution in [0.1, 0.15) is 28.5 Å². The second-order valence-electron chi connectivity index (χ2n) is 7.14. The zero-order valence-corrected chi connectivity index (χ0v) is 18.6. The fourth-order valence-electron chi connectivity index (χ4n) is 3.61. The second kappa shape index (κ2) is 9.54. The van der Waals surface area contributed by atoms with Crippen molar-refractivity contribution in [3.8, 4) is 17.6 Å². The molecule has 0 aliphatic carbocycles. The van der Waals surface area contributed by atoms with Gasteiger partial charge in [-0.1, -0.05) is 18.2 Å². The minimum atomic E-state index is -0.258. The van der Waals surface area contributed by atoms with Gasteiger partial charge >= 0.3 is 0 Å². The Morgan fingerprint density at radius 2 is 2.03 bits per heavy atom. The smallest absolute Gasteiger partial charge is 0.262 e. The number of benzene rings is 2. The lowest BCUT2D eigenvalue weighted by atomic mass is 10.0. The maximum Gasteiger partial charge on any atom is 0.262 e. The Kier molecular flexibility index (Phi) is 6.38. The summed E-state index contributed by atoms with van der Waals surface area (Å²) in [4.78, 5) is 14.2. The molecule has 1 amide bonds. The molecule has 0 radical (unpaired) electrons. The molecule has 162 valence electrons. The van der Waals surface area contributed by atoms with E-state index in [0.29, 0.717) is 29.2 Å². The number of thiophene rings is 1. The van der Waals surface area contributed by atoms with Gasteiger partial charge in [-0.05, 0) is 47.3 Å². The van der Waals surface area contributed by atoms with Gasteiger partial charge in [0.1, 0.15) is 0 Å². The van der Waals surface area contributed by atoms with Crippen molar-refractivity contribution in [1.82, 2.24) is 5.01 Å². The first-order chi connectivity index (χ1) is 15.6. The summed E-state index contributed by atoms with van der Waals surface area (Å²) in [5.41, 5.74) is 3.03. The first kappa shape index (κ1) is 21.4. The van der Waals surface area contributed by atoms with Gasteiger partial charge in [0, 0.05) is 12.1 Å². The number of carbonyl (C=O) groups is 1. The molecule has 2 aromatic carbocycles. The van der Waals surface area contributed by atoms with Gasteiger partial charge in [-0.15, -0.1) is 11.3 Å². The molecule has 0 fully saturated rings. The van der Waals surface area contributed by atoms with Crippen LogP contribution < -0.4 is 14.8 Å². The van der Waals surface area contributed by atoms with Gasteiger partial charge in [-0.25, -0.2) is 5.01 Å². The molecule has 3 aromatic rings. The van der Waals surface area contributed by atoms with E-state index >= 15 is 0 Å². The van der Waals surface area contributed by atoms with Gasteiger partial charge in [-0.3, -0.25) is 4.79 Å². The van der Waals surface area contributed by atoms with Crippen LogP contribution in [0.2, 0.25) is 0 Å². The molecule has 8 heteroatoms. The summed E-state index contributed by atoms with van der Waals surface area (Å²) in [5, 5.41) is 20.4. The molecule has 2 heterocycles. The van der Waals surface area contributed by atoms with Crippen LogP contribution in [0, 0.1) is 11.3 Å². The molecule has 0 spiro atoms. The number of amides is 1. The van der Waals surface area contributed by atoms with Crippen LogP contribution in [-0.2, 0) is 4.79 Å². The van der Waals surface area contributed by atoms with Gasteiger partial charge in [0.15, 0.2) is 11.5 Å². The predicted octanol–water partition coefficient (Wildman–Crippen LogP) is 4.43. The van der Waals surface area contributed by atoms with Crippen molar-refractivity contribution in [1.29, 1.82) is 5.26 Å². The highest BCUT2D eigenvalue weighted by molar-refractivity contribution is 7.12. The highest BCUT2D eigenvalue weighted by Crippen LogP contribution is 2.37. The molecule has 32 heavy (non-hydrogen) atoms. The summed E-state index contributed by atoms with van der Waals surface area (Å²) >= 11 is 1.60. The lowest BCUT2D eigenvalue weighted by Crippen LogP contribution is -2.32. The molecule has 1 N–H and O–H groups in total. The fraction of sp³-hybridized carbons (Fsp3) is 0.208. The van der Waals surface area contributed by atoms with Crippen LogP contribution in [-0.4, -0.2) is 37.4 Å². The molecule has 1 unspecified atom stereocenters. The molecular formula is C24H22N4O3S. The molecule has 1 aromatic heterocycles. The first-order valence-corrected chi connectivity index (χ1v) is 10.9. The summed E-state index contributed by atoms with van der Waals surface area (Å²) < 4.78 is 10.8. The third-order valence-corrected chi connectivity index (χ3v) is 6.12. The number of hydrogen-bond donors (Lipinski definition) is 1. The van der Waals surface area contributed by atoms with Gasteiger partial charge < -0.3 is 14.8 Å². The van der Waals surface area contributed by atoms with E-state index in [4.69, 9.17) is 14.7 Å². The molecule has 0 saturated heterocycles. The molecule has 1 atom stereocenters. The average Bonchev–Trinajstić information content (AvgIpc) is 3.52. The van der Waals surface area contributed by atoms with Crippen LogP contribution in [0.3, 0.4) is 0 Å². The molecule has 1 aliphatic rings. The monoisotopic (exact) mass is 446 g/mol. The summed E-state index contributed by atoms with van der Waals surface area (Å²) in [6.45, 7) is 0.0554. The number of hydrazone groups is 1. The molecule has 4 rings (SSSR count). The van der Waals surface area contributed by atoms with Crippen LogP contribution in [0.4, 0.5) is 5.69 Å². The van der Waals surface area contributed by atoms with E-state index in [0.717, 1.165) is 16.2 Å². The predicted molar refractivity (Wildman–Crippen MR) is 124 cm³/mol. The largest absolute Gasteiger partial charge is 0.493 e. The summed E-state index contributed by atoms with van der Waals surface area (Å²) in [7, 11) is 3.18. The van der Waals surface area contributed by atoms with E-state index in [1.54, 1.807) is 43.8 Å². The first-order valence-electron chi connectivity index (χ1n) is 10.0. The van der Waals surface area contributed by atoms with Crippen molar-refractivity contribution in [3.05, 3.63) is 76.0 Å². The van der Waals surface area contributed by atoms with Crippen molar-refractivity contribution in [2.75, 3.05) is 26.1 Å². The molecule has 0 bridgehead atoms. The molecule has 0 saturated carbocycles. The third kappa shape index (κ3) is 4.43. The van der Waals surface area contributed by atoms with E-state index in [1.165, 1.54) is 5.01 Å². The Balaban J connectivity index is 1.59. The van der Waals surface area contributed by atoms with Gasteiger partial charge in [-0.2, -0.15) is 10.4 Å². The van der Waals surface area contributed by atoms with Gasteiger partial charge in [0.2, 0.25) is 0 Å². The number of rotatable bonds is 7. The van der Waals surface area contributed by atoms with Crippen LogP contribution in [0.25, 0.3) is 0 Å². The highest BCUT2D eigenvalue weighted by Gasteiger charge is 2.33. The zero-order valence-electron chi connectivity index (χ0n) is 17.7. The van der Waals surface area contributed by atoms with Crippen molar-refractivity contribution < 1.29 is 14.3 Å². The molecular weight excluding hydrogens is 424 g/mol. The standard InChI is InChI=1S/C24H22N4O3S/c1-30-21-9-8-17(12-22(21)31-2)20-13-19(23-7-4-10-32-23)27-28(20)24(29)15-26-18-6-3-5-16(11-18)14-25/h3-12,20,26H,13,15H2,1-2H3. The molecule has 7 nitrogen and oxygen atoms in total. The normalized spacial score (nSPS) is 15.1. The van der Waals surface area contributed by atoms with E-state index in [9.17, 15) is 4.79 Å². The SMILES string of the molecule is COc1ccc(C2CC(c3cccs3)=NN2C(=O)CNc2cccc(C#N)c2)cc1OC. The minimum Gasteiger partial charge on any atom is -0.493 e. The summed E-state index contributed by atoms with van der Waals surface area (Å²) in [6, 6.07) is 18.5. The number of ether oxygens (including phenoxy) is 2. The van der Waals surface area contributed by atoms with E-state index in [1.807, 2.05) is 41.8 Å². The number of methoxy groups -OCH3 is 2. The average molecular weight is 447 g/mol. The lowest BCUT2D eigenvalue weighted by Gasteiger charge is -2.23. The minimum absolute atomic E-state index is 0.0554. The second-order valence-corrected chi connectivity index (χ2v) is 8.09. The van der Waals surface area contributed by atoms with Crippen molar-refractivity contribution >= 4 is 28.6 Å².